The van der Waals surface area contributed by atoms with Crippen molar-refractivity contribution in [2.45, 2.75) is 40.0 Å². The van der Waals surface area contributed by atoms with Gasteiger partial charge in [0, 0.05) is 40.1 Å². The highest BCUT2D eigenvalue weighted by atomic mass is 16.5. The number of aliphatic hydroxyl groups is 1. The molecule has 0 bridgehead atoms. The normalized spacial score (nSPS) is 12.6. The minimum Gasteiger partial charge on any atom is -0.507 e. The van der Waals surface area contributed by atoms with E-state index in [2.05, 4.69) is 0 Å². The van der Waals surface area contributed by atoms with Crippen LogP contribution >= 0.6 is 0 Å². The Balaban J connectivity index is 2.23. The van der Waals surface area contributed by atoms with E-state index in [4.69, 9.17) is 13.6 Å². The number of aryl methyl sites for hydroxylation is 1. The molecule has 1 atom stereocenters. The molecule has 8 heteroatoms. The quantitative estimate of drug-likeness (QED) is 0.225. The summed E-state index contributed by atoms with van der Waals surface area (Å²) >= 11 is 0. The lowest BCUT2D eigenvalue weighted by molar-refractivity contribution is 0.331. The second-order valence-electron chi connectivity index (χ2n) is 9.50. The predicted molar refractivity (Wildman–Crippen MR) is 145 cm³/mol. The maximum atomic E-state index is 13.1. The number of aromatic hydroxyl groups is 2. The first-order valence-corrected chi connectivity index (χ1v) is 12.1. The van der Waals surface area contributed by atoms with Gasteiger partial charge in [0.25, 0.3) is 0 Å². The van der Waals surface area contributed by atoms with Gasteiger partial charge in [-0.25, -0.2) is 4.79 Å². The molecular weight excluding hydrogens is 488 g/mol. The number of benzene rings is 2. The molecule has 0 aliphatic heterocycles. The molecule has 8 nitrogen and oxygen atoms in total. The lowest BCUT2D eigenvalue weighted by atomic mass is 9.84. The Morgan fingerprint density at radius 3 is 2.37 bits per heavy atom. The molecule has 2 aromatic heterocycles. The summed E-state index contributed by atoms with van der Waals surface area (Å²) in [5.74, 6) is -0.810. The molecule has 4 rings (SSSR count). The molecule has 0 radical (unpaired) electrons. The van der Waals surface area contributed by atoms with Crippen LogP contribution in [-0.4, -0.2) is 29.0 Å². The zero-order valence-electron chi connectivity index (χ0n) is 21.9. The van der Waals surface area contributed by atoms with E-state index < -0.39 is 22.7 Å². The van der Waals surface area contributed by atoms with E-state index in [-0.39, 0.29) is 46.5 Å². The van der Waals surface area contributed by atoms with Crippen LogP contribution in [0.5, 0.6) is 17.2 Å². The highest BCUT2D eigenvalue weighted by Gasteiger charge is 2.31. The van der Waals surface area contributed by atoms with Crippen molar-refractivity contribution in [3.05, 3.63) is 96.7 Å². The van der Waals surface area contributed by atoms with Crippen molar-refractivity contribution in [2.24, 2.45) is 0 Å². The zero-order valence-corrected chi connectivity index (χ0v) is 21.9. The number of rotatable bonds is 7. The molecule has 0 spiro atoms. The number of phenolic OH excluding ortho intramolecular Hbond substituents is 2. The average molecular weight is 519 g/mol. The van der Waals surface area contributed by atoms with E-state index in [0.29, 0.717) is 28.0 Å². The number of allylic oxidation sites excluding steroid dienone is 3. The molecule has 0 fully saturated rings. The Morgan fingerprint density at radius 1 is 1.00 bits per heavy atom. The van der Waals surface area contributed by atoms with Gasteiger partial charge in [-0.15, -0.1) is 0 Å². The SMILES string of the molecule is COc1ccc2ccc(=O)oc2c1C(C=C(C)C)c1c(O)c(C/C=C(/C)CO)c(O)c2c(=O)cc(C)oc12. The molecule has 1 unspecified atom stereocenters. The molecule has 3 N–H and O–H groups in total. The summed E-state index contributed by atoms with van der Waals surface area (Å²) in [6.45, 7) is 6.86. The minimum absolute atomic E-state index is 0.0106. The number of phenols is 2. The smallest absolute Gasteiger partial charge is 0.336 e. The third kappa shape index (κ3) is 4.82. The third-order valence-corrected chi connectivity index (χ3v) is 6.41. The Labute approximate surface area is 218 Å². The van der Waals surface area contributed by atoms with Crippen molar-refractivity contribution in [1.82, 2.24) is 0 Å². The van der Waals surface area contributed by atoms with Gasteiger partial charge < -0.3 is 28.9 Å². The third-order valence-electron chi connectivity index (χ3n) is 6.41. The van der Waals surface area contributed by atoms with Gasteiger partial charge >= 0.3 is 5.63 Å². The molecule has 0 saturated carbocycles. The van der Waals surface area contributed by atoms with Crippen LogP contribution in [0.25, 0.3) is 21.9 Å². The van der Waals surface area contributed by atoms with E-state index in [1.54, 1.807) is 38.1 Å². The maximum Gasteiger partial charge on any atom is 0.336 e. The molecule has 38 heavy (non-hydrogen) atoms. The highest BCUT2D eigenvalue weighted by Crippen LogP contribution is 2.48. The molecule has 4 aromatic rings. The number of hydrogen-bond acceptors (Lipinski definition) is 8. The monoisotopic (exact) mass is 518 g/mol. The van der Waals surface area contributed by atoms with Crippen LogP contribution in [0.2, 0.25) is 0 Å². The first kappa shape index (κ1) is 26.8. The van der Waals surface area contributed by atoms with Crippen LogP contribution < -0.4 is 15.8 Å². The average Bonchev–Trinajstić information content (AvgIpc) is 2.86. The van der Waals surface area contributed by atoms with Gasteiger partial charge in [0.2, 0.25) is 0 Å². The van der Waals surface area contributed by atoms with E-state index in [1.165, 1.54) is 19.2 Å². The molecule has 0 aliphatic carbocycles. The van der Waals surface area contributed by atoms with Crippen molar-refractivity contribution in [1.29, 1.82) is 0 Å². The molecule has 0 saturated heterocycles. The molecule has 198 valence electrons. The summed E-state index contributed by atoms with van der Waals surface area (Å²) in [4.78, 5) is 25.4. The van der Waals surface area contributed by atoms with Gasteiger partial charge in [-0.1, -0.05) is 23.3 Å². The summed E-state index contributed by atoms with van der Waals surface area (Å²) in [6.07, 6.45) is 3.55. The molecule has 2 aromatic carbocycles. The predicted octanol–water partition coefficient (Wildman–Crippen LogP) is 5.21. The number of ether oxygens (including phenoxy) is 1. The number of aliphatic hydroxyl groups excluding tert-OH is 1. The van der Waals surface area contributed by atoms with Gasteiger partial charge in [-0.2, -0.15) is 0 Å². The molecule has 2 heterocycles. The van der Waals surface area contributed by atoms with Crippen molar-refractivity contribution in [3.63, 3.8) is 0 Å². The number of hydrogen-bond donors (Lipinski definition) is 3. The fraction of sp³-hybridized carbons (Fsp3) is 0.267. The van der Waals surface area contributed by atoms with Crippen LogP contribution in [-0.2, 0) is 6.42 Å². The van der Waals surface area contributed by atoms with E-state index in [0.717, 1.165) is 5.57 Å². The standard InChI is InChI=1S/C30H30O8/c1-15(2)12-20(24-22(36-5)10-7-18-8-11-23(33)38-29(18)24)25-27(34)19(9-6-16(3)14-31)28(35)26-21(32)13-17(4)37-30(25)26/h6-8,10-13,20,31,34-35H,9,14H2,1-5H3/b16-6-. The van der Waals surface area contributed by atoms with E-state index in [9.17, 15) is 24.9 Å². The van der Waals surface area contributed by atoms with Gasteiger partial charge in [-0.3, -0.25) is 4.79 Å². The first-order valence-electron chi connectivity index (χ1n) is 12.1. The summed E-state index contributed by atoms with van der Waals surface area (Å²) < 4.78 is 17.3. The van der Waals surface area contributed by atoms with Crippen molar-refractivity contribution in [3.8, 4) is 17.2 Å². The van der Waals surface area contributed by atoms with E-state index in [1.807, 2.05) is 19.9 Å². The van der Waals surface area contributed by atoms with Gasteiger partial charge in [0.1, 0.15) is 39.6 Å². The second kappa shape index (κ2) is 10.6. The topological polar surface area (TPSA) is 130 Å². The summed E-state index contributed by atoms with van der Waals surface area (Å²) in [5.41, 5.74) is 1.48. The van der Waals surface area contributed by atoms with E-state index >= 15 is 0 Å². The second-order valence-corrected chi connectivity index (χ2v) is 9.50. The van der Waals surface area contributed by atoms with Gasteiger partial charge in [0.05, 0.1) is 13.7 Å². The number of fused-ring (bicyclic) bond motifs is 2. The van der Waals surface area contributed by atoms with Crippen LogP contribution in [0.15, 0.2) is 72.1 Å². The summed E-state index contributed by atoms with van der Waals surface area (Å²) in [6, 6.07) is 7.72. The van der Waals surface area contributed by atoms with Crippen LogP contribution in [0.4, 0.5) is 0 Å². The Kier molecular flexibility index (Phi) is 7.46. The van der Waals surface area contributed by atoms with Crippen LogP contribution in [0, 0.1) is 6.92 Å². The zero-order chi connectivity index (χ0) is 27.7. The Hall–Kier alpha value is -4.30. The van der Waals surface area contributed by atoms with Gasteiger partial charge in [0.15, 0.2) is 5.43 Å². The lowest BCUT2D eigenvalue weighted by Gasteiger charge is -2.23. The van der Waals surface area contributed by atoms with Crippen LogP contribution in [0.1, 0.15) is 49.1 Å². The summed E-state index contributed by atoms with van der Waals surface area (Å²) in [7, 11) is 1.48. The minimum atomic E-state index is -0.807. The fourth-order valence-corrected chi connectivity index (χ4v) is 4.63. The highest BCUT2D eigenvalue weighted by molar-refractivity contribution is 5.93. The largest absolute Gasteiger partial charge is 0.507 e. The summed E-state index contributed by atoms with van der Waals surface area (Å²) in [5, 5.41) is 32.8. The Bertz CT molecular complexity index is 1720. The molecule has 0 aliphatic rings. The molecule has 0 amide bonds. The van der Waals surface area contributed by atoms with Crippen molar-refractivity contribution < 1.29 is 28.9 Å². The molecular formula is C30H30O8. The Morgan fingerprint density at radius 2 is 1.71 bits per heavy atom. The maximum absolute atomic E-state index is 13.1. The number of methoxy groups -OCH3 is 1. The van der Waals surface area contributed by atoms with Crippen molar-refractivity contribution >= 4 is 21.9 Å². The van der Waals surface area contributed by atoms with Crippen LogP contribution in [0.3, 0.4) is 0 Å². The van der Waals surface area contributed by atoms with Crippen molar-refractivity contribution in [2.75, 3.05) is 13.7 Å². The first-order chi connectivity index (χ1) is 18.1. The fourth-order valence-electron chi connectivity index (χ4n) is 4.63. The lowest BCUT2D eigenvalue weighted by Crippen LogP contribution is -2.10. The van der Waals surface area contributed by atoms with Gasteiger partial charge in [-0.05, 0) is 52.3 Å².